The number of carbonyl (C=O) groups is 3. The fourth-order valence-electron chi connectivity index (χ4n) is 5.45. The van der Waals surface area contributed by atoms with E-state index in [4.69, 9.17) is 19.0 Å². The normalized spacial score (nSPS) is 17.8. The number of ketones is 2. The highest BCUT2D eigenvalue weighted by Crippen LogP contribution is 2.56. The Morgan fingerprint density at radius 2 is 1.91 bits per heavy atom. The Balaban J connectivity index is 1.72. The molecule has 2 aromatic rings. The number of benzene rings is 2. The third kappa shape index (κ3) is 5.42. The van der Waals surface area contributed by atoms with Gasteiger partial charge in [-0.05, 0) is 69.9 Å². The van der Waals surface area contributed by atoms with Crippen LogP contribution in [-0.4, -0.2) is 42.9 Å². The minimum Gasteiger partial charge on any atom is -0.507 e. The molecule has 0 saturated carbocycles. The van der Waals surface area contributed by atoms with Gasteiger partial charge in [-0.3, -0.25) is 24.7 Å². The third-order valence-electron chi connectivity index (χ3n) is 7.98. The first-order chi connectivity index (χ1) is 20.9. The summed E-state index contributed by atoms with van der Waals surface area (Å²) in [5.74, 6) is 4.29. The maximum absolute atomic E-state index is 13.9. The molecule has 10 nitrogen and oxygen atoms in total. The fourth-order valence-corrected chi connectivity index (χ4v) is 5.45. The molecular formula is C34H36N2O8. The first-order valence-electron chi connectivity index (χ1n) is 14.0. The van der Waals surface area contributed by atoms with Crippen LogP contribution in [0.2, 0.25) is 0 Å². The Labute approximate surface area is 256 Å². The summed E-state index contributed by atoms with van der Waals surface area (Å²) in [4.78, 5) is 46.0. The second-order valence-corrected chi connectivity index (χ2v) is 10.6. The monoisotopic (exact) mass is 600 g/mol. The Bertz CT molecular complexity index is 1710. The Morgan fingerprint density at radius 3 is 2.57 bits per heavy atom. The molecule has 4 rings (SSSR count). The number of phenolic OH excluding ortho intramolecular Hbond substituents is 1. The molecule has 0 radical (unpaired) electrons. The number of rotatable bonds is 10. The number of ether oxygens (including phenoxy) is 3. The number of aromatic hydroxyl groups is 1. The zero-order valence-corrected chi connectivity index (χ0v) is 25.9. The van der Waals surface area contributed by atoms with Crippen LogP contribution in [0.15, 0.2) is 47.9 Å². The van der Waals surface area contributed by atoms with Gasteiger partial charge in [0.15, 0.2) is 17.3 Å². The average molecular weight is 601 g/mol. The van der Waals surface area contributed by atoms with Crippen molar-refractivity contribution in [3.63, 3.8) is 0 Å². The van der Waals surface area contributed by atoms with Crippen LogP contribution in [0.3, 0.4) is 0 Å². The molecule has 1 aliphatic carbocycles. The number of carbonyl (C=O) groups excluding carboxylic acids is 3. The number of Topliss-reactive ketones (excluding diaryl/α,β-unsaturated/α-hetero) is 1. The highest BCUT2D eigenvalue weighted by molar-refractivity contribution is 6.31. The van der Waals surface area contributed by atoms with E-state index in [2.05, 4.69) is 29.2 Å². The van der Waals surface area contributed by atoms with Gasteiger partial charge in [-0.25, -0.2) is 0 Å². The van der Waals surface area contributed by atoms with Crippen LogP contribution >= 0.6 is 0 Å². The van der Waals surface area contributed by atoms with E-state index in [9.17, 15) is 19.5 Å². The molecular weight excluding hydrogens is 564 g/mol. The molecule has 2 aliphatic rings. The number of hydroxylamine groups is 1. The van der Waals surface area contributed by atoms with Crippen molar-refractivity contribution < 1.29 is 38.5 Å². The van der Waals surface area contributed by atoms with Crippen LogP contribution in [0, 0.1) is 32.6 Å². The molecule has 0 unspecified atom stereocenters. The van der Waals surface area contributed by atoms with Crippen LogP contribution in [0.1, 0.15) is 58.9 Å². The predicted molar refractivity (Wildman–Crippen MR) is 163 cm³/mol. The number of phenols is 1. The van der Waals surface area contributed by atoms with Gasteiger partial charge in [0.05, 0.1) is 24.9 Å². The van der Waals surface area contributed by atoms with E-state index < -0.39 is 22.9 Å². The third-order valence-corrected chi connectivity index (χ3v) is 7.98. The van der Waals surface area contributed by atoms with E-state index in [-0.39, 0.29) is 65.2 Å². The fraction of sp³-hybridized carbons (Fsp3) is 0.324. The van der Waals surface area contributed by atoms with Gasteiger partial charge in [-0.2, -0.15) is 0 Å². The van der Waals surface area contributed by atoms with E-state index in [1.807, 2.05) is 26.8 Å². The number of amides is 1. The van der Waals surface area contributed by atoms with E-state index in [0.29, 0.717) is 0 Å². The summed E-state index contributed by atoms with van der Waals surface area (Å²) in [5.41, 5.74) is 4.78. The van der Waals surface area contributed by atoms with Crippen LogP contribution in [-0.2, 0) is 26.4 Å². The number of hydrogen-bond donors (Lipinski definition) is 3. The van der Waals surface area contributed by atoms with Crippen LogP contribution < -0.4 is 25.0 Å². The zero-order chi connectivity index (χ0) is 32.3. The molecule has 1 atom stereocenters. The molecule has 0 spiro atoms. The van der Waals surface area contributed by atoms with Crippen molar-refractivity contribution in [1.29, 1.82) is 0 Å². The summed E-state index contributed by atoms with van der Waals surface area (Å²) < 4.78 is 17.3. The van der Waals surface area contributed by atoms with Gasteiger partial charge >= 0.3 is 0 Å². The van der Waals surface area contributed by atoms with Crippen LogP contribution in [0.4, 0.5) is 0 Å². The maximum atomic E-state index is 13.9. The van der Waals surface area contributed by atoms with Crippen molar-refractivity contribution in [2.24, 2.45) is 0 Å². The molecule has 44 heavy (non-hydrogen) atoms. The van der Waals surface area contributed by atoms with Crippen molar-refractivity contribution in [2.75, 3.05) is 20.3 Å². The smallest absolute Gasteiger partial charge is 0.259 e. The molecule has 0 fully saturated rings. The predicted octanol–water partition coefficient (Wildman–Crippen LogP) is 4.33. The van der Waals surface area contributed by atoms with Crippen molar-refractivity contribution in [1.82, 2.24) is 10.8 Å². The molecule has 10 heteroatoms. The summed E-state index contributed by atoms with van der Waals surface area (Å²) in [6.07, 6.45) is 2.69. The lowest BCUT2D eigenvalue weighted by molar-refractivity contribution is -0.123. The van der Waals surface area contributed by atoms with Crippen molar-refractivity contribution in [2.45, 2.75) is 53.5 Å². The van der Waals surface area contributed by atoms with Crippen molar-refractivity contribution in [3.05, 3.63) is 81.3 Å². The molecule has 0 aromatic heterocycles. The van der Waals surface area contributed by atoms with Crippen LogP contribution in [0.5, 0.6) is 23.0 Å². The van der Waals surface area contributed by atoms with Crippen LogP contribution in [0.25, 0.3) is 0 Å². The Kier molecular flexibility index (Phi) is 9.21. The van der Waals surface area contributed by atoms with Gasteiger partial charge < -0.3 is 24.6 Å². The van der Waals surface area contributed by atoms with E-state index in [1.165, 1.54) is 39.2 Å². The topological polar surface area (TPSA) is 132 Å². The number of fused-ring (bicyclic) bond motifs is 3. The lowest BCUT2D eigenvalue weighted by Crippen LogP contribution is -2.41. The molecule has 0 bridgehead atoms. The SMILES string of the molecule is C=CCON/C(C)=C1\C(=O)C=C2Oc3c(C(=O)NCc4c(C)cc(OCC#CC)c(C)c4C)c(OC)cc(O)c3[C@]2(C)C1=O. The van der Waals surface area contributed by atoms with Gasteiger partial charge in [0.2, 0.25) is 0 Å². The molecule has 1 heterocycles. The number of aryl methyl sites for hydroxylation is 1. The second-order valence-electron chi connectivity index (χ2n) is 10.6. The van der Waals surface area contributed by atoms with Gasteiger partial charge in [0.25, 0.3) is 5.91 Å². The number of methoxy groups -OCH3 is 1. The summed E-state index contributed by atoms with van der Waals surface area (Å²) in [6.45, 7) is 14.8. The zero-order valence-electron chi connectivity index (χ0n) is 25.9. The summed E-state index contributed by atoms with van der Waals surface area (Å²) in [6, 6.07) is 3.18. The van der Waals surface area contributed by atoms with Gasteiger partial charge in [0, 0.05) is 24.4 Å². The molecule has 0 saturated heterocycles. The minimum atomic E-state index is -1.59. The quantitative estimate of drug-likeness (QED) is 0.0911. The summed E-state index contributed by atoms with van der Waals surface area (Å²) in [5, 5.41) is 14.0. The summed E-state index contributed by atoms with van der Waals surface area (Å²) >= 11 is 0. The molecule has 1 amide bonds. The number of nitrogens with one attached hydrogen (secondary N) is 2. The standard InChI is InChI=1S/C34H36N2O8/c1-9-11-13-42-25-14-18(3)22(19(4)20(25)5)17-35-33(40)29-26(41-8)15-24(38)30-31(29)44-27-16-23(37)28(32(39)34(27,30)7)21(6)36-43-12-10-2/h10,14-16,36,38H,2,12-13,17H2,1,3-8H3,(H,35,40)/b28-21+/t34-/m1/s1. The van der Waals surface area contributed by atoms with Crippen molar-refractivity contribution >= 4 is 17.5 Å². The van der Waals surface area contributed by atoms with Gasteiger partial charge in [0.1, 0.15) is 40.6 Å². The molecule has 230 valence electrons. The maximum Gasteiger partial charge on any atom is 0.259 e. The molecule has 1 aliphatic heterocycles. The highest BCUT2D eigenvalue weighted by Gasteiger charge is 2.56. The van der Waals surface area contributed by atoms with E-state index in [1.54, 1.807) is 6.92 Å². The highest BCUT2D eigenvalue weighted by atomic mass is 16.6. The number of allylic oxidation sites excluding steroid dienone is 4. The first-order valence-corrected chi connectivity index (χ1v) is 14.0. The largest absolute Gasteiger partial charge is 0.507 e. The van der Waals surface area contributed by atoms with E-state index in [0.717, 1.165) is 28.0 Å². The Hall–Kier alpha value is -5.01. The number of hydrogen-bond acceptors (Lipinski definition) is 9. The molecule has 3 N–H and O–H groups in total. The second kappa shape index (κ2) is 12.7. The van der Waals surface area contributed by atoms with Gasteiger partial charge in [-0.1, -0.05) is 12.0 Å². The van der Waals surface area contributed by atoms with E-state index >= 15 is 0 Å². The first kappa shape index (κ1) is 31.9. The lowest BCUT2D eigenvalue weighted by atomic mass is 9.70. The molecule has 2 aromatic carbocycles. The van der Waals surface area contributed by atoms with Crippen molar-refractivity contribution in [3.8, 4) is 34.8 Å². The van der Waals surface area contributed by atoms with Gasteiger partial charge in [-0.15, -0.1) is 12.5 Å². The minimum absolute atomic E-state index is 0.00525. The Morgan fingerprint density at radius 1 is 1.18 bits per heavy atom. The average Bonchev–Trinajstić information content (AvgIpc) is 3.28. The summed E-state index contributed by atoms with van der Waals surface area (Å²) in [7, 11) is 1.36. The lowest BCUT2D eigenvalue weighted by Gasteiger charge is -2.28.